The van der Waals surface area contributed by atoms with Crippen molar-refractivity contribution in [2.45, 2.75) is 11.5 Å². The quantitative estimate of drug-likeness (QED) is 0.698. The van der Waals surface area contributed by atoms with Crippen molar-refractivity contribution in [2.24, 2.45) is 5.73 Å². The van der Waals surface area contributed by atoms with Gasteiger partial charge in [0.15, 0.2) is 0 Å². The molecule has 0 radical (unpaired) electrons. The maximum atomic E-state index is 9.32. The molecule has 3 N–H and O–H groups in total. The molecule has 0 aliphatic rings. The Bertz CT molecular complexity index is 227. The SMILES string of the molecule is NCC(O)C(Cl)c1ccccc1. The van der Waals surface area contributed by atoms with Gasteiger partial charge in [-0.15, -0.1) is 11.6 Å². The Morgan fingerprint density at radius 1 is 1.33 bits per heavy atom. The number of hydrogen-bond acceptors (Lipinski definition) is 2. The molecule has 0 saturated carbocycles. The van der Waals surface area contributed by atoms with Crippen LogP contribution in [-0.4, -0.2) is 17.8 Å². The average Bonchev–Trinajstić information content (AvgIpc) is 2.17. The molecule has 0 heterocycles. The minimum atomic E-state index is -0.672. The lowest BCUT2D eigenvalue weighted by atomic mass is 10.1. The lowest BCUT2D eigenvalue weighted by Gasteiger charge is -2.14. The monoisotopic (exact) mass is 185 g/mol. The van der Waals surface area contributed by atoms with Crippen LogP contribution in [0.25, 0.3) is 0 Å². The summed E-state index contributed by atoms with van der Waals surface area (Å²) in [5, 5.41) is 8.92. The van der Waals surface area contributed by atoms with Crippen molar-refractivity contribution in [3.63, 3.8) is 0 Å². The van der Waals surface area contributed by atoms with Crippen LogP contribution in [0.2, 0.25) is 0 Å². The fourth-order valence-electron chi connectivity index (χ4n) is 0.979. The second kappa shape index (κ2) is 4.45. The zero-order valence-corrected chi connectivity index (χ0v) is 7.41. The second-order valence-corrected chi connectivity index (χ2v) is 3.09. The third-order valence-corrected chi connectivity index (χ3v) is 2.24. The Hall–Kier alpha value is -0.570. The lowest BCUT2D eigenvalue weighted by Crippen LogP contribution is -2.24. The number of aliphatic hydroxyl groups is 1. The summed E-state index contributed by atoms with van der Waals surface area (Å²) >= 11 is 5.93. The third-order valence-electron chi connectivity index (χ3n) is 1.70. The highest BCUT2D eigenvalue weighted by Gasteiger charge is 2.15. The van der Waals surface area contributed by atoms with Gasteiger partial charge < -0.3 is 10.8 Å². The van der Waals surface area contributed by atoms with Crippen molar-refractivity contribution in [2.75, 3.05) is 6.54 Å². The van der Waals surface area contributed by atoms with E-state index in [2.05, 4.69) is 0 Å². The van der Waals surface area contributed by atoms with Crippen molar-refractivity contribution in [1.29, 1.82) is 0 Å². The minimum absolute atomic E-state index is 0.184. The van der Waals surface area contributed by atoms with Crippen LogP contribution in [0.3, 0.4) is 0 Å². The summed E-state index contributed by atoms with van der Waals surface area (Å²) in [6.45, 7) is 0.184. The Morgan fingerprint density at radius 2 is 1.92 bits per heavy atom. The normalized spacial score (nSPS) is 15.6. The van der Waals surface area contributed by atoms with E-state index >= 15 is 0 Å². The van der Waals surface area contributed by atoms with Crippen LogP contribution < -0.4 is 5.73 Å². The molecule has 0 saturated heterocycles. The molecule has 3 heteroatoms. The van der Waals surface area contributed by atoms with E-state index in [0.29, 0.717) is 0 Å². The van der Waals surface area contributed by atoms with Crippen molar-refractivity contribution in [1.82, 2.24) is 0 Å². The molecule has 66 valence electrons. The van der Waals surface area contributed by atoms with E-state index in [1.807, 2.05) is 30.3 Å². The molecule has 1 aromatic carbocycles. The van der Waals surface area contributed by atoms with Gasteiger partial charge in [-0.25, -0.2) is 0 Å². The Labute approximate surface area is 77.0 Å². The maximum absolute atomic E-state index is 9.32. The van der Waals surface area contributed by atoms with E-state index in [1.54, 1.807) is 0 Å². The summed E-state index contributed by atoms with van der Waals surface area (Å²) in [5.41, 5.74) is 6.18. The fraction of sp³-hybridized carbons (Fsp3) is 0.333. The predicted octanol–water partition coefficient (Wildman–Crippen LogP) is 1.29. The highest BCUT2D eigenvalue weighted by atomic mass is 35.5. The van der Waals surface area contributed by atoms with Gasteiger partial charge in [0.25, 0.3) is 0 Å². The summed E-state index contributed by atoms with van der Waals surface area (Å²) in [4.78, 5) is 0. The lowest BCUT2D eigenvalue weighted by molar-refractivity contribution is 0.178. The maximum Gasteiger partial charge on any atom is 0.0866 e. The molecule has 2 nitrogen and oxygen atoms in total. The zero-order valence-electron chi connectivity index (χ0n) is 6.65. The van der Waals surface area contributed by atoms with Gasteiger partial charge in [0.2, 0.25) is 0 Å². The molecule has 0 aliphatic heterocycles. The third kappa shape index (κ3) is 2.21. The molecule has 0 spiro atoms. The van der Waals surface area contributed by atoms with Crippen molar-refractivity contribution >= 4 is 11.6 Å². The fourth-order valence-corrected chi connectivity index (χ4v) is 1.23. The summed E-state index contributed by atoms with van der Waals surface area (Å²) in [6.07, 6.45) is -0.672. The topological polar surface area (TPSA) is 46.2 Å². The summed E-state index contributed by atoms with van der Waals surface area (Å²) in [6, 6.07) is 9.41. The van der Waals surface area contributed by atoms with Crippen LogP contribution in [0, 0.1) is 0 Å². The van der Waals surface area contributed by atoms with Crippen molar-refractivity contribution in [3.8, 4) is 0 Å². The van der Waals surface area contributed by atoms with Crippen LogP contribution in [0.15, 0.2) is 30.3 Å². The number of rotatable bonds is 3. The van der Waals surface area contributed by atoms with Gasteiger partial charge in [-0.05, 0) is 5.56 Å². The molecule has 0 aromatic heterocycles. The smallest absolute Gasteiger partial charge is 0.0866 e. The first-order valence-corrected chi connectivity index (χ1v) is 4.26. The van der Waals surface area contributed by atoms with E-state index in [4.69, 9.17) is 17.3 Å². The summed E-state index contributed by atoms with van der Waals surface area (Å²) in [7, 11) is 0. The van der Waals surface area contributed by atoms with Crippen LogP contribution in [0.4, 0.5) is 0 Å². The van der Waals surface area contributed by atoms with Crippen molar-refractivity contribution in [3.05, 3.63) is 35.9 Å². The van der Waals surface area contributed by atoms with Gasteiger partial charge in [0.1, 0.15) is 0 Å². The van der Waals surface area contributed by atoms with Gasteiger partial charge >= 0.3 is 0 Å². The molecule has 0 bridgehead atoms. The minimum Gasteiger partial charge on any atom is -0.390 e. The largest absolute Gasteiger partial charge is 0.390 e. The second-order valence-electron chi connectivity index (χ2n) is 2.62. The zero-order chi connectivity index (χ0) is 8.97. The molecule has 1 aromatic rings. The highest BCUT2D eigenvalue weighted by Crippen LogP contribution is 2.23. The first-order chi connectivity index (χ1) is 5.75. The van der Waals surface area contributed by atoms with Crippen LogP contribution in [0.5, 0.6) is 0 Å². The molecule has 1 rings (SSSR count). The Balaban J connectivity index is 2.71. The van der Waals surface area contributed by atoms with E-state index in [0.717, 1.165) is 5.56 Å². The first kappa shape index (κ1) is 9.52. The van der Waals surface area contributed by atoms with Gasteiger partial charge in [-0.3, -0.25) is 0 Å². The molecule has 0 fully saturated rings. The summed E-state index contributed by atoms with van der Waals surface area (Å²) in [5.74, 6) is 0. The number of benzene rings is 1. The number of alkyl halides is 1. The van der Waals surface area contributed by atoms with Gasteiger partial charge in [0.05, 0.1) is 11.5 Å². The van der Waals surface area contributed by atoms with E-state index in [1.165, 1.54) is 0 Å². The molecule has 0 amide bonds. The number of hydrogen-bond donors (Lipinski definition) is 2. The molecule has 0 aliphatic carbocycles. The predicted molar refractivity (Wildman–Crippen MR) is 50.1 cm³/mol. The molecular formula is C9H12ClNO. The van der Waals surface area contributed by atoms with Crippen LogP contribution >= 0.6 is 11.6 Å². The molecular weight excluding hydrogens is 174 g/mol. The van der Waals surface area contributed by atoms with Gasteiger partial charge in [-0.1, -0.05) is 30.3 Å². The first-order valence-electron chi connectivity index (χ1n) is 3.83. The van der Waals surface area contributed by atoms with Gasteiger partial charge in [0, 0.05) is 6.54 Å². The average molecular weight is 186 g/mol. The highest BCUT2D eigenvalue weighted by molar-refractivity contribution is 6.21. The van der Waals surface area contributed by atoms with Crippen LogP contribution in [0.1, 0.15) is 10.9 Å². The number of aliphatic hydroxyl groups excluding tert-OH is 1. The van der Waals surface area contributed by atoms with E-state index in [9.17, 15) is 5.11 Å². The van der Waals surface area contributed by atoms with Crippen LogP contribution in [-0.2, 0) is 0 Å². The van der Waals surface area contributed by atoms with Crippen molar-refractivity contribution < 1.29 is 5.11 Å². The number of halogens is 1. The molecule has 2 unspecified atom stereocenters. The van der Waals surface area contributed by atoms with E-state index < -0.39 is 11.5 Å². The Kier molecular flexibility index (Phi) is 3.53. The molecule has 12 heavy (non-hydrogen) atoms. The van der Waals surface area contributed by atoms with E-state index in [-0.39, 0.29) is 6.54 Å². The Morgan fingerprint density at radius 3 is 2.42 bits per heavy atom. The summed E-state index contributed by atoms with van der Waals surface area (Å²) < 4.78 is 0. The molecule has 2 atom stereocenters. The number of nitrogens with two attached hydrogens (primary N) is 1. The standard InChI is InChI=1S/C9H12ClNO/c10-9(8(12)6-11)7-4-2-1-3-5-7/h1-5,8-9,12H,6,11H2. The van der Waals surface area contributed by atoms with Gasteiger partial charge in [-0.2, -0.15) is 0 Å².